The van der Waals surface area contributed by atoms with Gasteiger partial charge in [-0.3, -0.25) is 4.99 Å². The second kappa shape index (κ2) is 10.6. The molecule has 2 unspecified atom stereocenters. The molecule has 2 aliphatic rings. The number of hydrogen-bond donors (Lipinski definition) is 1. The van der Waals surface area contributed by atoms with Gasteiger partial charge in [-0.1, -0.05) is 28.9 Å². The minimum Gasteiger partial charge on any atom is -0.375 e. The monoisotopic (exact) mass is 533 g/mol. The number of ether oxygens (including phenoxy) is 2. The highest BCUT2D eigenvalue weighted by molar-refractivity contribution is 14.0. The van der Waals surface area contributed by atoms with Crippen LogP contribution < -0.4 is 5.32 Å². The molecule has 0 radical (unpaired) electrons. The molecule has 2 saturated heterocycles. The van der Waals surface area contributed by atoms with E-state index in [9.17, 15) is 0 Å². The molecule has 2 atom stereocenters. The molecule has 8 nitrogen and oxygen atoms in total. The van der Waals surface area contributed by atoms with Crippen LogP contribution in [0.1, 0.15) is 18.7 Å². The Morgan fingerprint density at radius 1 is 1.31 bits per heavy atom. The summed E-state index contributed by atoms with van der Waals surface area (Å²) in [5, 5.41) is 7.97. The molecule has 0 bridgehead atoms. The van der Waals surface area contributed by atoms with Gasteiger partial charge in [-0.15, -0.1) is 24.0 Å². The Balaban J connectivity index is 0.00000240. The Bertz CT molecular complexity index is 828. The molecular formula is C19H25ClIN5O3. The third-order valence-electron chi connectivity index (χ3n) is 4.93. The zero-order valence-electron chi connectivity index (χ0n) is 16.2. The SMILES string of the molecule is CN=C(NCc1nc(-c2cccc(Cl)c2)no1)N1CCOC(C2CCCO2)C1.I. The van der Waals surface area contributed by atoms with Crippen LogP contribution in [0.15, 0.2) is 33.8 Å². The van der Waals surface area contributed by atoms with Gasteiger partial charge in [0.25, 0.3) is 0 Å². The minimum atomic E-state index is 0. The maximum Gasteiger partial charge on any atom is 0.246 e. The van der Waals surface area contributed by atoms with Crippen molar-refractivity contribution < 1.29 is 14.0 Å². The zero-order valence-corrected chi connectivity index (χ0v) is 19.3. The first-order valence-electron chi connectivity index (χ1n) is 9.50. The van der Waals surface area contributed by atoms with Gasteiger partial charge >= 0.3 is 0 Å². The number of hydrogen-bond acceptors (Lipinski definition) is 6. The predicted octanol–water partition coefficient (Wildman–Crippen LogP) is 2.96. The van der Waals surface area contributed by atoms with Crippen molar-refractivity contribution >= 4 is 41.5 Å². The van der Waals surface area contributed by atoms with Gasteiger partial charge in [0.1, 0.15) is 6.10 Å². The fraction of sp³-hybridized carbons (Fsp3) is 0.526. The van der Waals surface area contributed by atoms with Gasteiger partial charge in [-0.2, -0.15) is 4.98 Å². The molecule has 4 rings (SSSR count). The van der Waals surface area contributed by atoms with E-state index in [2.05, 4.69) is 25.3 Å². The Labute approximate surface area is 192 Å². The summed E-state index contributed by atoms with van der Waals surface area (Å²) in [6.45, 7) is 3.40. The Morgan fingerprint density at radius 2 is 2.17 bits per heavy atom. The van der Waals surface area contributed by atoms with E-state index in [1.807, 2.05) is 24.3 Å². The van der Waals surface area contributed by atoms with Crippen molar-refractivity contribution in [3.05, 3.63) is 35.2 Å². The molecule has 2 aromatic rings. The highest BCUT2D eigenvalue weighted by Gasteiger charge is 2.32. The lowest BCUT2D eigenvalue weighted by molar-refractivity contribution is -0.0817. The molecule has 1 N–H and O–H groups in total. The Morgan fingerprint density at radius 3 is 2.93 bits per heavy atom. The number of halogens is 2. The van der Waals surface area contributed by atoms with Crippen LogP contribution in [0, 0.1) is 0 Å². The van der Waals surface area contributed by atoms with Crippen molar-refractivity contribution in [3.63, 3.8) is 0 Å². The maximum absolute atomic E-state index is 6.03. The normalized spacial score (nSPS) is 22.4. The third kappa shape index (κ3) is 5.59. The highest BCUT2D eigenvalue weighted by atomic mass is 127. The number of nitrogens with zero attached hydrogens (tertiary/aromatic N) is 4. The van der Waals surface area contributed by atoms with Gasteiger partial charge in [-0.25, -0.2) is 0 Å². The number of rotatable bonds is 4. The molecule has 0 amide bonds. The quantitative estimate of drug-likeness (QED) is 0.367. The third-order valence-corrected chi connectivity index (χ3v) is 5.17. The van der Waals surface area contributed by atoms with Crippen LogP contribution in [0.3, 0.4) is 0 Å². The summed E-state index contributed by atoms with van der Waals surface area (Å²) in [6, 6.07) is 7.37. The first-order chi connectivity index (χ1) is 13.7. The molecule has 29 heavy (non-hydrogen) atoms. The smallest absolute Gasteiger partial charge is 0.246 e. The second-order valence-electron chi connectivity index (χ2n) is 6.83. The summed E-state index contributed by atoms with van der Waals surface area (Å²) in [4.78, 5) is 11.0. The zero-order chi connectivity index (χ0) is 19.3. The van der Waals surface area contributed by atoms with Gasteiger partial charge in [0.05, 0.1) is 19.3 Å². The molecule has 2 aliphatic heterocycles. The maximum atomic E-state index is 6.03. The molecule has 1 aromatic carbocycles. The van der Waals surface area contributed by atoms with Gasteiger partial charge < -0.3 is 24.2 Å². The van der Waals surface area contributed by atoms with Crippen molar-refractivity contribution in [2.45, 2.75) is 31.6 Å². The van der Waals surface area contributed by atoms with Crippen LogP contribution in [0.25, 0.3) is 11.4 Å². The number of aromatic nitrogens is 2. The van der Waals surface area contributed by atoms with E-state index in [1.165, 1.54) is 0 Å². The van der Waals surface area contributed by atoms with Crippen molar-refractivity contribution in [3.8, 4) is 11.4 Å². The van der Waals surface area contributed by atoms with Crippen molar-refractivity contribution in [2.75, 3.05) is 33.4 Å². The van der Waals surface area contributed by atoms with E-state index in [-0.39, 0.29) is 36.2 Å². The number of guanidine groups is 1. The van der Waals surface area contributed by atoms with E-state index >= 15 is 0 Å². The Hall–Kier alpha value is -1.43. The summed E-state index contributed by atoms with van der Waals surface area (Å²) in [5.74, 6) is 1.79. The second-order valence-corrected chi connectivity index (χ2v) is 7.27. The topological polar surface area (TPSA) is 85.0 Å². The summed E-state index contributed by atoms with van der Waals surface area (Å²) in [5.41, 5.74) is 0.819. The van der Waals surface area contributed by atoms with Crippen LogP contribution in [0.4, 0.5) is 0 Å². The van der Waals surface area contributed by atoms with Gasteiger partial charge in [0.15, 0.2) is 5.96 Å². The fourth-order valence-corrected chi connectivity index (χ4v) is 3.74. The molecule has 3 heterocycles. The van der Waals surface area contributed by atoms with Crippen LogP contribution >= 0.6 is 35.6 Å². The largest absolute Gasteiger partial charge is 0.375 e. The van der Waals surface area contributed by atoms with E-state index in [0.717, 1.165) is 44.1 Å². The molecular weight excluding hydrogens is 509 g/mol. The molecule has 2 fully saturated rings. The first-order valence-corrected chi connectivity index (χ1v) is 9.88. The summed E-state index contributed by atoms with van der Waals surface area (Å²) < 4.78 is 17.1. The minimum absolute atomic E-state index is 0. The highest BCUT2D eigenvalue weighted by Crippen LogP contribution is 2.22. The molecule has 0 spiro atoms. The van der Waals surface area contributed by atoms with Gasteiger partial charge in [-0.05, 0) is 25.0 Å². The number of aliphatic imine (C=N–C) groups is 1. The number of nitrogens with one attached hydrogen (secondary N) is 1. The lowest BCUT2D eigenvalue weighted by Gasteiger charge is -2.37. The average molecular weight is 534 g/mol. The first kappa shape index (κ1) is 22.3. The molecule has 1 aromatic heterocycles. The molecule has 0 aliphatic carbocycles. The fourth-order valence-electron chi connectivity index (χ4n) is 3.55. The number of morpholine rings is 1. The van der Waals surface area contributed by atoms with E-state index < -0.39 is 0 Å². The van der Waals surface area contributed by atoms with Crippen LogP contribution in [-0.4, -0.2) is 66.6 Å². The molecule has 0 saturated carbocycles. The standard InChI is InChI=1S/C19H24ClN5O3.HI/c1-21-19(25-7-9-27-16(12-25)15-6-3-8-26-15)22-11-17-23-18(24-28-17)13-4-2-5-14(20)10-13;/h2,4-5,10,15-16H,3,6-9,11-12H2,1H3,(H,21,22);1H. The average Bonchev–Trinajstić information content (AvgIpc) is 3.41. The predicted molar refractivity (Wildman–Crippen MR) is 121 cm³/mol. The van der Waals surface area contributed by atoms with Gasteiger partial charge in [0.2, 0.25) is 11.7 Å². The summed E-state index contributed by atoms with van der Waals surface area (Å²) in [7, 11) is 1.77. The summed E-state index contributed by atoms with van der Waals surface area (Å²) >= 11 is 6.03. The van der Waals surface area contributed by atoms with Crippen molar-refractivity contribution in [1.82, 2.24) is 20.4 Å². The van der Waals surface area contributed by atoms with E-state index in [1.54, 1.807) is 7.05 Å². The van der Waals surface area contributed by atoms with E-state index in [4.69, 9.17) is 25.6 Å². The van der Waals surface area contributed by atoms with Crippen LogP contribution in [0.2, 0.25) is 5.02 Å². The number of benzene rings is 1. The van der Waals surface area contributed by atoms with Crippen LogP contribution in [0.5, 0.6) is 0 Å². The van der Waals surface area contributed by atoms with Crippen molar-refractivity contribution in [1.29, 1.82) is 0 Å². The van der Waals surface area contributed by atoms with Gasteiger partial charge in [0, 0.05) is 37.3 Å². The summed E-state index contributed by atoms with van der Waals surface area (Å²) in [6.07, 6.45) is 2.41. The van der Waals surface area contributed by atoms with E-state index in [0.29, 0.717) is 29.9 Å². The van der Waals surface area contributed by atoms with Crippen molar-refractivity contribution in [2.24, 2.45) is 4.99 Å². The molecule has 158 valence electrons. The Kier molecular flexibility index (Phi) is 8.10. The lowest BCUT2D eigenvalue weighted by atomic mass is 10.1. The lowest BCUT2D eigenvalue weighted by Crippen LogP contribution is -2.53. The molecule has 10 heteroatoms. The van der Waals surface area contributed by atoms with Crippen LogP contribution in [-0.2, 0) is 16.0 Å².